The molecular formula is C26H34N4O4. The number of nitrogens with zero attached hydrogens (tertiary/aromatic N) is 4. The smallest absolute Gasteiger partial charge is 0.310 e. The summed E-state index contributed by atoms with van der Waals surface area (Å²) in [6, 6.07) is 9.85. The van der Waals surface area contributed by atoms with Crippen molar-refractivity contribution in [2.24, 2.45) is 11.8 Å². The van der Waals surface area contributed by atoms with Crippen LogP contribution in [0.25, 0.3) is 0 Å². The van der Waals surface area contributed by atoms with Crippen molar-refractivity contribution in [3.63, 3.8) is 0 Å². The molecule has 0 radical (unpaired) electrons. The fourth-order valence-electron chi connectivity index (χ4n) is 4.72. The van der Waals surface area contributed by atoms with E-state index in [4.69, 9.17) is 9.47 Å². The topological polar surface area (TPSA) is 84.9 Å². The van der Waals surface area contributed by atoms with Crippen LogP contribution in [0, 0.1) is 11.8 Å². The lowest BCUT2D eigenvalue weighted by Gasteiger charge is -2.37. The molecule has 2 aliphatic heterocycles. The van der Waals surface area contributed by atoms with Crippen LogP contribution in [0.5, 0.6) is 11.6 Å². The highest BCUT2D eigenvalue weighted by atomic mass is 16.5. The molecule has 3 heterocycles. The number of carbonyl (C=O) groups is 2. The zero-order valence-electron chi connectivity index (χ0n) is 20.1. The van der Waals surface area contributed by atoms with E-state index in [1.807, 2.05) is 30.0 Å². The largest absolute Gasteiger partial charge is 0.466 e. The van der Waals surface area contributed by atoms with Crippen molar-refractivity contribution in [2.45, 2.75) is 46.0 Å². The van der Waals surface area contributed by atoms with E-state index in [2.05, 4.69) is 33.9 Å². The van der Waals surface area contributed by atoms with Crippen LogP contribution in [0.3, 0.4) is 0 Å². The maximum Gasteiger partial charge on any atom is 0.310 e. The quantitative estimate of drug-likeness (QED) is 0.573. The van der Waals surface area contributed by atoms with Crippen molar-refractivity contribution in [3.05, 3.63) is 42.2 Å². The number of ether oxygens (including phenoxy) is 2. The van der Waals surface area contributed by atoms with Crippen LogP contribution in [0.1, 0.15) is 45.1 Å². The number of aryl methyl sites for hydroxylation is 1. The van der Waals surface area contributed by atoms with Gasteiger partial charge < -0.3 is 19.3 Å². The van der Waals surface area contributed by atoms with Crippen LogP contribution in [0.4, 0.5) is 5.82 Å². The van der Waals surface area contributed by atoms with Gasteiger partial charge in [-0.3, -0.25) is 9.59 Å². The Morgan fingerprint density at radius 2 is 1.76 bits per heavy atom. The average Bonchev–Trinajstić information content (AvgIpc) is 2.89. The van der Waals surface area contributed by atoms with Crippen molar-refractivity contribution in [1.82, 2.24) is 14.9 Å². The summed E-state index contributed by atoms with van der Waals surface area (Å²) in [5, 5.41) is 0. The second-order valence-corrected chi connectivity index (χ2v) is 8.95. The van der Waals surface area contributed by atoms with E-state index in [1.54, 1.807) is 0 Å². The van der Waals surface area contributed by atoms with E-state index < -0.39 is 0 Å². The molecular weight excluding hydrogens is 432 g/mol. The van der Waals surface area contributed by atoms with Crippen LogP contribution < -0.4 is 9.64 Å². The van der Waals surface area contributed by atoms with Crippen molar-refractivity contribution >= 4 is 17.7 Å². The predicted octanol–water partition coefficient (Wildman–Crippen LogP) is 3.85. The summed E-state index contributed by atoms with van der Waals surface area (Å²) in [4.78, 5) is 38.0. The number of rotatable bonds is 7. The Balaban J connectivity index is 1.31. The van der Waals surface area contributed by atoms with Gasteiger partial charge in [-0.05, 0) is 56.7 Å². The molecule has 8 heteroatoms. The first-order chi connectivity index (χ1) is 16.6. The second kappa shape index (κ2) is 11.3. The van der Waals surface area contributed by atoms with Gasteiger partial charge in [-0.1, -0.05) is 19.1 Å². The first-order valence-electron chi connectivity index (χ1n) is 12.4. The number of amides is 1. The summed E-state index contributed by atoms with van der Waals surface area (Å²) in [5.41, 5.74) is 1.26. The third-order valence-electron chi connectivity index (χ3n) is 6.70. The number of likely N-dealkylation sites (tertiary alicyclic amines) is 1. The summed E-state index contributed by atoms with van der Waals surface area (Å²) in [7, 11) is 0. The van der Waals surface area contributed by atoms with Crippen LogP contribution >= 0.6 is 0 Å². The number of benzene rings is 1. The van der Waals surface area contributed by atoms with Gasteiger partial charge in [-0.25, -0.2) is 9.97 Å². The zero-order valence-corrected chi connectivity index (χ0v) is 20.1. The molecule has 1 atom stereocenters. The van der Waals surface area contributed by atoms with Gasteiger partial charge in [0.1, 0.15) is 17.9 Å². The summed E-state index contributed by atoms with van der Waals surface area (Å²) < 4.78 is 11.1. The van der Waals surface area contributed by atoms with E-state index in [0.29, 0.717) is 19.0 Å². The van der Waals surface area contributed by atoms with Gasteiger partial charge in [0.2, 0.25) is 11.8 Å². The van der Waals surface area contributed by atoms with E-state index in [-0.39, 0.29) is 23.7 Å². The molecule has 34 heavy (non-hydrogen) atoms. The first kappa shape index (κ1) is 24.0. The lowest BCUT2D eigenvalue weighted by Crippen LogP contribution is -2.47. The first-order valence-corrected chi connectivity index (χ1v) is 12.4. The zero-order chi connectivity index (χ0) is 23.9. The highest BCUT2D eigenvalue weighted by molar-refractivity contribution is 5.80. The van der Waals surface area contributed by atoms with Gasteiger partial charge in [-0.2, -0.15) is 0 Å². The summed E-state index contributed by atoms with van der Waals surface area (Å²) in [6.45, 7) is 7.00. The van der Waals surface area contributed by atoms with Gasteiger partial charge in [-0.15, -0.1) is 0 Å². The highest BCUT2D eigenvalue weighted by Gasteiger charge is 2.34. The molecule has 2 fully saturated rings. The van der Waals surface area contributed by atoms with Gasteiger partial charge in [0, 0.05) is 38.2 Å². The number of piperidine rings is 2. The van der Waals surface area contributed by atoms with Gasteiger partial charge >= 0.3 is 5.97 Å². The lowest BCUT2D eigenvalue weighted by atomic mass is 9.92. The minimum absolute atomic E-state index is 0.0215. The molecule has 2 saturated heterocycles. The number of aromatic nitrogens is 2. The standard InChI is InChI=1S/C26H34N4O4/c1-3-19-7-9-22(10-8-19)34-24-16-23(27-18-28-24)29-14-11-20(12-15-29)25(31)30-13-5-6-21(17-30)26(32)33-4-2/h7-10,16,18,20-21H,3-6,11-15,17H2,1-2H3/t21-/m0/s1. The van der Waals surface area contributed by atoms with Gasteiger partial charge in [0.25, 0.3) is 0 Å². The van der Waals surface area contributed by atoms with Crippen molar-refractivity contribution in [2.75, 3.05) is 37.7 Å². The molecule has 8 nitrogen and oxygen atoms in total. The van der Waals surface area contributed by atoms with Crippen molar-refractivity contribution < 1.29 is 19.1 Å². The van der Waals surface area contributed by atoms with E-state index in [9.17, 15) is 9.59 Å². The van der Waals surface area contributed by atoms with Crippen LogP contribution in [0.2, 0.25) is 0 Å². The molecule has 1 aromatic heterocycles. The Kier molecular flexibility index (Phi) is 7.98. The average molecular weight is 467 g/mol. The SMILES string of the molecule is CCOC(=O)[C@H]1CCCN(C(=O)C2CCN(c3cc(Oc4ccc(CC)cc4)ncn3)CC2)C1. The number of hydrogen-bond acceptors (Lipinski definition) is 7. The molecule has 0 aliphatic carbocycles. The molecule has 4 rings (SSSR count). The molecule has 0 N–H and O–H groups in total. The third kappa shape index (κ3) is 5.85. The minimum atomic E-state index is -0.199. The van der Waals surface area contributed by atoms with E-state index in [1.165, 1.54) is 11.9 Å². The molecule has 0 bridgehead atoms. The number of carbonyl (C=O) groups excluding carboxylic acids is 2. The molecule has 182 valence electrons. The second-order valence-electron chi connectivity index (χ2n) is 8.95. The predicted molar refractivity (Wildman–Crippen MR) is 129 cm³/mol. The molecule has 0 spiro atoms. The Hall–Kier alpha value is -3.16. The van der Waals surface area contributed by atoms with Gasteiger partial charge in [0.05, 0.1) is 12.5 Å². The minimum Gasteiger partial charge on any atom is -0.466 e. The van der Waals surface area contributed by atoms with E-state index >= 15 is 0 Å². The molecule has 0 unspecified atom stereocenters. The molecule has 2 aromatic rings. The molecule has 0 saturated carbocycles. The van der Waals surface area contributed by atoms with Crippen molar-refractivity contribution in [3.8, 4) is 11.6 Å². The normalized spacial score (nSPS) is 19.1. The Labute approximate surface area is 201 Å². The highest BCUT2D eigenvalue weighted by Crippen LogP contribution is 2.28. The Bertz CT molecular complexity index is 973. The van der Waals surface area contributed by atoms with Crippen LogP contribution in [-0.2, 0) is 20.7 Å². The summed E-state index contributed by atoms with van der Waals surface area (Å²) in [6.07, 6.45) is 5.67. The fraction of sp³-hybridized carbons (Fsp3) is 0.538. The Morgan fingerprint density at radius 3 is 2.47 bits per heavy atom. The Morgan fingerprint density at radius 1 is 1.00 bits per heavy atom. The maximum atomic E-state index is 13.1. The molecule has 1 aromatic carbocycles. The fourth-order valence-corrected chi connectivity index (χ4v) is 4.72. The summed E-state index contributed by atoms with van der Waals surface area (Å²) in [5.74, 6) is 1.82. The number of anilines is 1. The third-order valence-corrected chi connectivity index (χ3v) is 6.70. The number of hydrogen-bond donors (Lipinski definition) is 0. The van der Waals surface area contributed by atoms with Crippen LogP contribution in [0.15, 0.2) is 36.7 Å². The number of esters is 1. The monoisotopic (exact) mass is 466 g/mol. The molecule has 1 amide bonds. The van der Waals surface area contributed by atoms with Crippen molar-refractivity contribution in [1.29, 1.82) is 0 Å². The van der Waals surface area contributed by atoms with Crippen LogP contribution in [-0.4, -0.2) is 59.5 Å². The van der Waals surface area contributed by atoms with E-state index in [0.717, 1.165) is 63.3 Å². The van der Waals surface area contributed by atoms with Gasteiger partial charge in [0.15, 0.2) is 0 Å². The maximum absolute atomic E-state index is 13.1. The lowest BCUT2D eigenvalue weighted by molar-refractivity contribution is -0.152. The molecule has 2 aliphatic rings. The summed E-state index contributed by atoms with van der Waals surface area (Å²) >= 11 is 0.